The molecule has 0 N–H and O–H groups in total. The third kappa shape index (κ3) is 3.25. The lowest BCUT2D eigenvalue weighted by Crippen LogP contribution is -2.00. The van der Waals surface area contributed by atoms with E-state index in [-0.39, 0.29) is 28.8 Å². The molecule has 1 aromatic heterocycles. The standard InChI is InChI=1S/C14H15N3O4/c1-9(2)16-8-12(7-15-16)21-11-4-5-13(10(3)18)14(6-11)17(19)20/h4-9H,1-3H3. The van der Waals surface area contributed by atoms with Crippen LogP contribution in [0.15, 0.2) is 30.6 Å². The molecule has 0 saturated heterocycles. The first-order valence-corrected chi connectivity index (χ1v) is 6.40. The van der Waals surface area contributed by atoms with Crippen molar-refractivity contribution in [1.29, 1.82) is 0 Å². The summed E-state index contributed by atoms with van der Waals surface area (Å²) in [6.45, 7) is 5.24. The van der Waals surface area contributed by atoms with Gasteiger partial charge in [-0.15, -0.1) is 0 Å². The van der Waals surface area contributed by atoms with Gasteiger partial charge in [0.25, 0.3) is 5.69 Å². The summed E-state index contributed by atoms with van der Waals surface area (Å²) in [4.78, 5) is 21.8. The first-order chi connectivity index (χ1) is 9.88. The predicted molar refractivity (Wildman–Crippen MR) is 75.8 cm³/mol. The van der Waals surface area contributed by atoms with Crippen molar-refractivity contribution in [3.8, 4) is 11.5 Å². The number of carbonyl (C=O) groups is 1. The molecule has 7 heteroatoms. The van der Waals surface area contributed by atoms with Gasteiger partial charge in [0.05, 0.1) is 28.9 Å². The molecule has 0 fully saturated rings. The molecule has 2 rings (SSSR count). The number of Topliss-reactive ketones (excluding diaryl/α,β-unsaturated/α-hetero) is 1. The van der Waals surface area contributed by atoms with Crippen LogP contribution < -0.4 is 4.74 Å². The van der Waals surface area contributed by atoms with E-state index in [4.69, 9.17) is 4.74 Å². The second kappa shape index (κ2) is 5.74. The average molecular weight is 289 g/mol. The largest absolute Gasteiger partial charge is 0.454 e. The Morgan fingerprint density at radius 2 is 2.10 bits per heavy atom. The van der Waals surface area contributed by atoms with Crippen LogP contribution in [0.4, 0.5) is 5.69 Å². The van der Waals surface area contributed by atoms with Crippen LogP contribution in [0, 0.1) is 10.1 Å². The number of ketones is 1. The fraction of sp³-hybridized carbons (Fsp3) is 0.286. The lowest BCUT2D eigenvalue weighted by atomic mass is 10.1. The molecule has 7 nitrogen and oxygen atoms in total. The zero-order valence-electron chi connectivity index (χ0n) is 11.9. The second-order valence-corrected chi connectivity index (χ2v) is 4.84. The van der Waals surface area contributed by atoms with Gasteiger partial charge in [-0.05, 0) is 32.9 Å². The van der Waals surface area contributed by atoms with Crippen LogP contribution >= 0.6 is 0 Å². The van der Waals surface area contributed by atoms with E-state index in [1.807, 2.05) is 13.8 Å². The number of aromatic nitrogens is 2. The molecule has 0 saturated carbocycles. The molecular formula is C14H15N3O4. The maximum absolute atomic E-state index is 11.4. The third-order valence-electron chi connectivity index (χ3n) is 2.89. The number of ether oxygens (including phenoxy) is 1. The van der Waals surface area contributed by atoms with Gasteiger partial charge in [-0.2, -0.15) is 5.10 Å². The molecule has 21 heavy (non-hydrogen) atoms. The summed E-state index contributed by atoms with van der Waals surface area (Å²) in [6, 6.07) is 4.35. The van der Waals surface area contributed by atoms with Crippen LogP contribution in [0.25, 0.3) is 0 Å². The molecule has 0 atom stereocenters. The Balaban J connectivity index is 2.30. The number of benzene rings is 1. The quantitative estimate of drug-likeness (QED) is 0.478. The Labute approximate surface area is 121 Å². The van der Waals surface area contributed by atoms with Gasteiger partial charge in [-0.25, -0.2) is 0 Å². The third-order valence-corrected chi connectivity index (χ3v) is 2.89. The fourth-order valence-electron chi connectivity index (χ4n) is 1.82. The summed E-state index contributed by atoms with van der Waals surface area (Å²) >= 11 is 0. The van der Waals surface area contributed by atoms with E-state index in [9.17, 15) is 14.9 Å². The highest BCUT2D eigenvalue weighted by Gasteiger charge is 2.18. The van der Waals surface area contributed by atoms with E-state index in [2.05, 4.69) is 5.10 Å². The highest BCUT2D eigenvalue weighted by atomic mass is 16.6. The molecule has 0 aliphatic heterocycles. The summed E-state index contributed by atoms with van der Waals surface area (Å²) in [7, 11) is 0. The summed E-state index contributed by atoms with van der Waals surface area (Å²) in [5.74, 6) is 0.407. The van der Waals surface area contributed by atoms with Gasteiger partial charge in [-0.1, -0.05) is 0 Å². The molecule has 0 amide bonds. The molecule has 0 bridgehead atoms. The van der Waals surface area contributed by atoms with E-state index in [0.29, 0.717) is 5.75 Å². The molecule has 2 aromatic rings. The molecule has 0 aliphatic rings. The van der Waals surface area contributed by atoms with Crippen molar-refractivity contribution >= 4 is 11.5 Å². The van der Waals surface area contributed by atoms with Crippen molar-refractivity contribution in [2.24, 2.45) is 0 Å². The van der Waals surface area contributed by atoms with Crippen LogP contribution in [-0.2, 0) is 0 Å². The van der Waals surface area contributed by atoms with Gasteiger partial charge >= 0.3 is 0 Å². The van der Waals surface area contributed by atoms with Crippen LogP contribution in [0.1, 0.15) is 37.2 Å². The van der Waals surface area contributed by atoms with Gasteiger partial charge in [0.15, 0.2) is 11.5 Å². The monoisotopic (exact) mass is 289 g/mol. The van der Waals surface area contributed by atoms with E-state index in [1.54, 1.807) is 10.9 Å². The van der Waals surface area contributed by atoms with Gasteiger partial charge in [0.2, 0.25) is 0 Å². The normalized spacial score (nSPS) is 10.7. The van der Waals surface area contributed by atoms with E-state index in [0.717, 1.165) is 0 Å². The Morgan fingerprint density at radius 3 is 2.62 bits per heavy atom. The van der Waals surface area contributed by atoms with E-state index in [1.165, 1.54) is 31.3 Å². The molecule has 0 radical (unpaired) electrons. The lowest BCUT2D eigenvalue weighted by molar-refractivity contribution is -0.385. The summed E-state index contributed by atoms with van der Waals surface area (Å²) in [5.41, 5.74) is -0.207. The second-order valence-electron chi connectivity index (χ2n) is 4.84. The molecule has 0 aliphatic carbocycles. The maximum Gasteiger partial charge on any atom is 0.283 e. The average Bonchev–Trinajstić information content (AvgIpc) is 2.87. The zero-order valence-corrected chi connectivity index (χ0v) is 11.9. The smallest absolute Gasteiger partial charge is 0.283 e. The Morgan fingerprint density at radius 1 is 1.38 bits per heavy atom. The Hall–Kier alpha value is -2.70. The molecule has 110 valence electrons. The summed E-state index contributed by atoms with van der Waals surface area (Å²) in [6.07, 6.45) is 3.24. The highest BCUT2D eigenvalue weighted by Crippen LogP contribution is 2.28. The van der Waals surface area contributed by atoms with Crippen molar-refractivity contribution in [2.75, 3.05) is 0 Å². The topological polar surface area (TPSA) is 87.3 Å². The number of rotatable bonds is 5. The molecule has 1 aromatic carbocycles. The first-order valence-electron chi connectivity index (χ1n) is 6.40. The minimum Gasteiger partial charge on any atom is -0.454 e. The number of nitrogens with zero attached hydrogens (tertiary/aromatic N) is 3. The first kappa shape index (κ1) is 14.7. The molecule has 1 heterocycles. The van der Waals surface area contributed by atoms with Crippen molar-refractivity contribution in [2.45, 2.75) is 26.8 Å². The Kier molecular flexibility index (Phi) is 4.02. The van der Waals surface area contributed by atoms with Crippen molar-refractivity contribution in [1.82, 2.24) is 9.78 Å². The summed E-state index contributed by atoms with van der Waals surface area (Å²) < 4.78 is 7.25. The van der Waals surface area contributed by atoms with E-state index < -0.39 is 4.92 Å². The summed E-state index contributed by atoms with van der Waals surface area (Å²) in [5, 5.41) is 15.1. The maximum atomic E-state index is 11.4. The van der Waals surface area contributed by atoms with Crippen molar-refractivity contribution in [3.05, 3.63) is 46.3 Å². The van der Waals surface area contributed by atoms with Gasteiger partial charge in [0.1, 0.15) is 5.75 Å². The highest BCUT2D eigenvalue weighted by molar-refractivity contribution is 5.98. The van der Waals surface area contributed by atoms with Gasteiger partial charge in [0, 0.05) is 6.04 Å². The predicted octanol–water partition coefficient (Wildman–Crippen LogP) is 3.37. The molecule has 0 unspecified atom stereocenters. The zero-order chi connectivity index (χ0) is 15.6. The SMILES string of the molecule is CC(=O)c1ccc(Oc2cnn(C(C)C)c2)cc1[N+](=O)[O-]. The van der Waals surface area contributed by atoms with Gasteiger partial charge < -0.3 is 4.74 Å². The van der Waals surface area contributed by atoms with Crippen molar-refractivity contribution in [3.63, 3.8) is 0 Å². The van der Waals surface area contributed by atoms with Crippen LogP contribution in [0.3, 0.4) is 0 Å². The Bertz CT molecular complexity index is 691. The van der Waals surface area contributed by atoms with E-state index >= 15 is 0 Å². The minimum absolute atomic E-state index is 0.0604. The van der Waals surface area contributed by atoms with Crippen LogP contribution in [0.2, 0.25) is 0 Å². The number of carbonyl (C=O) groups excluding carboxylic acids is 1. The number of nitro groups is 1. The number of nitro benzene ring substituents is 1. The molecular weight excluding hydrogens is 274 g/mol. The number of hydrogen-bond donors (Lipinski definition) is 0. The molecule has 0 spiro atoms. The number of hydrogen-bond acceptors (Lipinski definition) is 5. The van der Waals surface area contributed by atoms with Crippen LogP contribution in [-0.4, -0.2) is 20.5 Å². The fourth-order valence-corrected chi connectivity index (χ4v) is 1.82. The van der Waals surface area contributed by atoms with Crippen molar-refractivity contribution < 1.29 is 14.5 Å². The van der Waals surface area contributed by atoms with Gasteiger partial charge in [-0.3, -0.25) is 19.6 Å². The minimum atomic E-state index is -0.596. The lowest BCUT2D eigenvalue weighted by Gasteiger charge is -2.05. The van der Waals surface area contributed by atoms with Crippen LogP contribution in [0.5, 0.6) is 11.5 Å².